The minimum absolute atomic E-state index is 0.0676. The first-order valence-electron chi connectivity index (χ1n) is 10.6. The Morgan fingerprint density at radius 1 is 1.10 bits per heavy atom. The summed E-state index contributed by atoms with van der Waals surface area (Å²) >= 11 is 0. The van der Waals surface area contributed by atoms with Crippen LogP contribution in [-0.2, 0) is 17.6 Å². The molecule has 1 aromatic heterocycles. The molecule has 6 nitrogen and oxygen atoms in total. The Balaban J connectivity index is 1.45. The van der Waals surface area contributed by atoms with Crippen LogP contribution < -0.4 is 4.74 Å². The fourth-order valence-corrected chi connectivity index (χ4v) is 3.88. The molecule has 0 radical (unpaired) electrons. The van der Waals surface area contributed by atoms with Gasteiger partial charge in [-0.05, 0) is 12.1 Å². The third-order valence-electron chi connectivity index (χ3n) is 5.60. The molecule has 3 heterocycles. The summed E-state index contributed by atoms with van der Waals surface area (Å²) in [6.07, 6.45) is 3.28. The van der Waals surface area contributed by atoms with Crippen LogP contribution in [0.5, 0.6) is 5.88 Å². The van der Waals surface area contributed by atoms with Gasteiger partial charge in [0.2, 0.25) is 5.88 Å². The van der Waals surface area contributed by atoms with E-state index in [4.69, 9.17) is 19.4 Å². The molecule has 0 bridgehead atoms. The number of piperidine rings is 1. The molecule has 1 saturated heterocycles. The van der Waals surface area contributed by atoms with Crippen molar-refractivity contribution in [1.82, 2.24) is 14.9 Å². The molecule has 2 aliphatic rings. The number of benzene rings is 1. The average molecular weight is 396 g/mol. The zero-order chi connectivity index (χ0) is 20.2. The standard InChI is InChI=1S/C23H29N3O3/c1-16(2)21-24-20-11-15-28-14-10-19(20)22(25-21)29-18-8-12-26(13-9-18)23(27)17-6-4-3-5-7-17/h3-7,16,18H,8-15H2,1-2H3. The van der Waals surface area contributed by atoms with E-state index >= 15 is 0 Å². The van der Waals surface area contributed by atoms with Gasteiger partial charge in [-0.25, -0.2) is 4.98 Å². The quantitative estimate of drug-likeness (QED) is 0.794. The van der Waals surface area contributed by atoms with E-state index in [0.717, 1.165) is 54.2 Å². The van der Waals surface area contributed by atoms with E-state index in [1.165, 1.54) is 0 Å². The summed E-state index contributed by atoms with van der Waals surface area (Å²) in [5.41, 5.74) is 2.90. The van der Waals surface area contributed by atoms with Gasteiger partial charge in [0.05, 0.1) is 18.9 Å². The molecule has 0 saturated carbocycles. The first kappa shape index (κ1) is 19.8. The van der Waals surface area contributed by atoms with Gasteiger partial charge in [0, 0.05) is 55.8 Å². The summed E-state index contributed by atoms with van der Waals surface area (Å²) in [5.74, 6) is 1.89. The molecule has 1 fully saturated rings. The van der Waals surface area contributed by atoms with Crippen molar-refractivity contribution in [3.8, 4) is 5.88 Å². The maximum absolute atomic E-state index is 12.7. The number of ether oxygens (including phenoxy) is 2. The first-order chi connectivity index (χ1) is 14.1. The van der Waals surface area contributed by atoms with Crippen LogP contribution in [0.1, 0.15) is 60.0 Å². The van der Waals surface area contributed by atoms with Crippen molar-refractivity contribution in [1.29, 1.82) is 0 Å². The summed E-state index contributed by atoms with van der Waals surface area (Å²) < 4.78 is 12.0. The monoisotopic (exact) mass is 395 g/mol. The Morgan fingerprint density at radius 3 is 2.55 bits per heavy atom. The highest BCUT2D eigenvalue weighted by Crippen LogP contribution is 2.28. The minimum atomic E-state index is 0.0676. The fraction of sp³-hybridized carbons (Fsp3) is 0.522. The van der Waals surface area contributed by atoms with Crippen LogP contribution in [0, 0.1) is 0 Å². The van der Waals surface area contributed by atoms with Crippen LogP contribution in [0.25, 0.3) is 0 Å². The van der Waals surface area contributed by atoms with Gasteiger partial charge in [0.15, 0.2) is 0 Å². The molecule has 6 heteroatoms. The molecule has 1 aromatic carbocycles. The van der Waals surface area contributed by atoms with Gasteiger partial charge in [0.1, 0.15) is 11.9 Å². The molecule has 2 aromatic rings. The summed E-state index contributed by atoms with van der Waals surface area (Å²) in [7, 11) is 0. The van der Waals surface area contributed by atoms with Crippen LogP contribution in [0.2, 0.25) is 0 Å². The van der Waals surface area contributed by atoms with Crippen molar-refractivity contribution < 1.29 is 14.3 Å². The number of rotatable bonds is 4. The van der Waals surface area contributed by atoms with Crippen molar-refractivity contribution in [2.75, 3.05) is 26.3 Å². The number of fused-ring (bicyclic) bond motifs is 1. The Labute approximate surface area is 172 Å². The predicted octanol–water partition coefficient (Wildman–Crippen LogP) is 3.40. The number of nitrogens with zero attached hydrogens (tertiary/aromatic N) is 3. The Kier molecular flexibility index (Phi) is 6.09. The highest BCUT2D eigenvalue weighted by Gasteiger charge is 2.27. The lowest BCUT2D eigenvalue weighted by Gasteiger charge is -2.32. The highest BCUT2D eigenvalue weighted by atomic mass is 16.5. The number of aromatic nitrogens is 2. The second-order valence-electron chi connectivity index (χ2n) is 8.05. The number of amides is 1. The van der Waals surface area contributed by atoms with Gasteiger partial charge in [-0.3, -0.25) is 4.79 Å². The van der Waals surface area contributed by atoms with E-state index in [1.54, 1.807) is 0 Å². The van der Waals surface area contributed by atoms with Gasteiger partial charge in [0.25, 0.3) is 5.91 Å². The van der Waals surface area contributed by atoms with Crippen molar-refractivity contribution in [3.05, 3.63) is 53.0 Å². The van der Waals surface area contributed by atoms with E-state index in [2.05, 4.69) is 13.8 Å². The molecular formula is C23H29N3O3. The smallest absolute Gasteiger partial charge is 0.253 e. The summed E-state index contributed by atoms with van der Waals surface area (Å²) in [4.78, 5) is 24.1. The van der Waals surface area contributed by atoms with Crippen LogP contribution in [0.3, 0.4) is 0 Å². The molecule has 0 unspecified atom stereocenters. The van der Waals surface area contributed by atoms with Crippen LogP contribution in [-0.4, -0.2) is 53.2 Å². The second-order valence-corrected chi connectivity index (χ2v) is 8.05. The molecule has 0 spiro atoms. The maximum Gasteiger partial charge on any atom is 0.253 e. The Morgan fingerprint density at radius 2 is 1.83 bits per heavy atom. The zero-order valence-corrected chi connectivity index (χ0v) is 17.3. The molecule has 0 N–H and O–H groups in total. The molecule has 0 aliphatic carbocycles. The Bertz CT molecular complexity index is 846. The average Bonchev–Trinajstić information content (AvgIpc) is 3.00. The number of likely N-dealkylation sites (tertiary alicyclic amines) is 1. The SMILES string of the molecule is CC(C)c1nc2c(c(OC3CCN(C(=O)c4ccccc4)CC3)n1)CCOCC2. The molecule has 2 aliphatic heterocycles. The largest absolute Gasteiger partial charge is 0.474 e. The molecule has 1 amide bonds. The number of carbonyl (C=O) groups is 1. The van der Waals surface area contributed by atoms with Gasteiger partial charge in [-0.15, -0.1) is 0 Å². The molecule has 29 heavy (non-hydrogen) atoms. The maximum atomic E-state index is 12.7. The minimum Gasteiger partial charge on any atom is -0.474 e. The Hall–Kier alpha value is -2.47. The molecule has 4 rings (SSSR count). The lowest BCUT2D eigenvalue weighted by molar-refractivity contribution is 0.0584. The van der Waals surface area contributed by atoms with Crippen LogP contribution >= 0.6 is 0 Å². The zero-order valence-electron chi connectivity index (χ0n) is 17.3. The molecule has 0 atom stereocenters. The normalized spacial score (nSPS) is 17.7. The fourth-order valence-electron chi connectivity index (χ4n) is 3.88. The van der Waals surface area contributed by atoms with E-state index in [9.17, 15) is 4.79 Å². The van der Waals surface area contributed by atoms with Gasteiger partial charge in [-0.1, -0.05) is 32.0 Å². The molecular weight excluding hydrogens is 366 g/mol. The number of carbonyl (C=O) groups excluding carboxylic acids is 1. The van der Waals surface area contributed by atoms with Crippen molar-refractivity contribution in [2.45, 2.75) is 51.6 Å². The molecule has 154 valence electrons. The summed E-state index contributed by atoms with van der Waals surface area (Å²) in [6, 6.07) is 9.48. The third-order valence-corrected chi connectivity index (χ3v) is 5.60. The van der Waals surface area contributed by atoms with Crippen molar-refractivity contribution in [3.63, 3.8) is 0 Å². The number of hydrogen-bond donors (Lipinski definition) is 0. The summed E-state index contributed by atoms with van der Waals surface area (Å²) in [5, 5.41) is 0. The van der Waals surface area contributed by atoms with Crippen molar-refractivity contribution >= 4 is 5.91 Å². The predicted molar refractivity (Wildman–Crippen MR) is 110 cm³/mol. The first-order valence-corrected chi connectivity index (χ1v) is 10.6. The lowest BCUT2D eigenvalue weighted by Crippen LogP contribution is -2.42. The van der Waals surface area contributed by atoms with Gasteiger partial charge >= 0.3 is 0 Å². The summed E-state index contributed by atoms with van der Waals surface area (Å²) in [6.45, 7) is 6.98. The van der Waals surface area contributed by atoms with E-state index in [0.29, 0.717) is 26.3 Å². The van der Waals surface area contributed by atoms with Gasteiger partial charge in [-0.2, -0.15) is 4.98 Å². The third kappa shape index (κ3) is 4.58. The van der Waals surface area contributed by atoms with Gasteiger partial charge < -0.3 is 14.4 Å². The van der Waals surface area contributed by atoms with E-state index < -0.39 is 0 Å². The van der Waals surface area contributed by atoms with Crippen molar-refractivity contribution in [2.24, 2.45) is 0 Å². The second kappa shape index (κ2) is 8.91. The lowest BCUT2D eigenvalue weighted by atomic mass is 10.1. The highest BCUT2D eigenvalue weighted by molar-refractivity contribution is 5.94. The van der Waals surface area contributed by atoms with E-state index in [-0.39, 0.29) is 17.9 Å². The van der Waals surface area contributed by atoms with Crippen LogP contribution in [0.15, 0.2) is 30.3 Å². The van der Waals surface area contributed by atoms with Crippen LogP contribution in [0.4, 0.5) is 0 Å². The number of hydrogen-bond acceptors (Lipinski definition) is 5. The topological polar surface area (TPSA) is 64.5 Å². The van der Waals surface area contributed by atoms with E-state index in [1.807, 2.05) is 35.2 Å².